The molecule has 0 fully saturated rings. The van der Waals surface area contributed by atoms with Crippen LogP contribution in [0.4, 0.5) is 0 Å². The summed E-state index contributed by atoms with van der Waals surface area (Å²) < 4.78 is 2.28. The first-order valence-corrected chi connectivity index (χ1v) is 9.72. The third-order valence-corrected chi connectivity index (χ3v) is 5.52. The number of hydrogen-bond acceptors (Lipinski definition) is 3. The van der Waals surface area contributed by atoms with Crippen LogP contribution >= 0.6 is 22.6 Å². The number of nitrogens with two attached hydrogens (primary N) is 2. The van der Waals surface area contributed by atoms with Crippen molar-refractivity contribution in [1.82, 2.24) is 5.32 Å². The van der Waals surface area contributed by atoms with Crippen LogP contribution in [-0.2, 0) is 4.79 Å². The zero-order valence-corrected chi connectivity index (χ0v) is 14.4. The molecular weight excluding hydrogens is 446 g/mol. The average Bonchev–Trinajstić information content (AvgIpc) is 2.29. The van der Waals surface area contributed by atoms with Gasteiger partial charge in [0.25, 0.3) is 0 Å². The summed E-state index contributed by atoms with van der Waals surface area (Å²) in [5.74, 6) is 0.119. The van der Waals surface area contributed by atoms with Crippen LogP contribution in [0.3, 0.4) is 0 Å². The van der Waals surface area contributed by atoms with E-state index in [0.29, 0.717) is 10.3 Å². The molecule has 0 aromatic rings. The van der Waals surface area contributed by atoms with Gasteiger partial charge in [0.1, 0.15) is 0 Å². The number of halogens is 2. The third kappa shape index (κ3) is 10.0. The van der Waals surface area contributed by atoms with Crippen LogP contribution in [0.15, 0.2) is 4.99 Å². The van der Waals surface area contributed by atoms with Gasteiger partial charge in [-0.25, -0.2) is 0 Å². The van der Waals surface area contributed by atoms with Gasteiger partial charge in [0.2, 0.25) is 0 Å². The van der Waals surface area contributed by atoms with E-state index < -0.39 is 0 Å². The molecule has 7 heteroatoms. The van der Waals surface area contributed by atoms with E-state index in [-0.39, 0.29) is 33.2 Å². The molecule has 0 bridgehead atoms. The first kappa shape index (κ1) is 17.4. The molecule has 0 radical (unpaired) electrons. The molecule has 0 aromatic heterocycles. The van der Waals surface area contributed by atoms with E-state index in [0.717, 1.165) is 28.2 Å². The van der Waals surface area contributed by atoms with Crippen molar-refractivity contribution in [3.8, 4) is 0 Å². The molecule has 1 atom stereocenters. The molecule has 5 N–H and O–H groups in total. The summed E-state index contributed by atoms with van der Waals surface area (Å²) in [5, 5.41) is 3.23. The van der Waals surface area contributed by atoms with Crippen molar-refractivity contribution < 1.29 is 26.0 Å². The SMILES string of the molecule is CCC[I-]C(=O)[C@@H](CCCN=C(N)N)NCI. The number of carbonyl (C=O) groups is 1. The van der Waals surface area contributed by atoms with Crippen molar-refractivity contribution in [3.05, 3.63) is 0 Å². The van der Waals surface area contributed by atoms with Gasteiger partial charge in [-0.3, -0.25) is 0 Å². The van der Waals surface area contributed by atoms with E-state index in [9.17, 15) is 4.79 Å². The Balaban J connectivity index is 3.96. The molecule has 0 amide bonds. The number of guanidine groups is 1. The number of nitrogens with one attached hydrogen (secondary N) is 1. The second-order valence-electron chi connectivity index (χ2n) is 3.47. The number of aliphatic imine (C=N–C) groups is 1. The first-order valence-electron chi connectivity index (χ1n) is 5.59. The van der Waals surface area contributed by atoms with E-state index in [4.69, 9.17) is 11.5 Å². The van der Waals surface area contributed by atoms with Gasteiger partial charge in [-0.15, -0.1) is 0 Å². The fraction of sp³-hybridized carbons (Fsp3) is 0.800. The van der Waals surface area contributed by atoms with Crippen molar-refractivity contribution in [2.75, 3.05) is 15.5 Å². The predicted molar refractivity (Wildman–Crippen MR) is 75.9 cm³/mol. The fourth-order valence-electron chi connectivity index (χ4n) is 1.17. The van der Waals surface area contributed by atoms with Gasteiger partial charge >= 0.3 is 128 Å². The minimum absolute atomic E-state index is 0.000416. The van der Waals surface area contributed by atoms with Crippen molar-refractivity contribution >= 4 is 32.3 Å². The number of alkyl halides is 2. The summed E-state index contributed by atoms with van der Waals surface area (Å²) in [4.78, 5) is 15.8. The van der Waals surface area contributed by atoms with Gasteiger partial charge in [-0.2, -0.15) is 0 Å². The molecule has 0 aliphatic rings. The van der Waals surface area contributed by atoms with E-state index in [1.54, 1.807) is 0 Å². The van der Waals surface area contributed by atoms with Crippen LogP contribution in [0, 0.1) is 0 Å². The maximum absolute atomic E-state index is 11.9. The van der Waals surface area contributed by atoms with E-state index in [1.165, 1.54) is 0 Å². The average molecular weight is 467 g/mol. The second-order valence-corrected chi connectivity index (χ2v) is 7.13. The monoisotopic (exact) mass is 467 g/mol. The summed E-state index contributed by atoms with van der Waals surface area (Å²) >= 11 is 1.91. The summed E-state index contributed by atoms with van der Waals surface area (Å²) in [7, 11) is 0. The van der Waals surface area contributed by atoms with Crippen LogP contribution in [0.5, 0.6) is 0 Å². The molecule has 0 rings (SSSR count). The molecule has 0 saturated carbocycles. The third-order valence-electron chi connectivity index (χ3n) is 1.96. The van der Waals surface area contributed by atoms with Crippen LogP contribution in [-0.4, -0.2) is 31.3 Å². The Morgan fingerprint density at radius 1 is 1.53 bits per heavy atom. The van der Waals surface area contributed by atoms with Crippen molar-refractivity contribution in [2.24, 2.45) is 16.5 Å². The fourth-order valence-corrected chi connectivity index (χ4v) is 3.84. The summed E-state index contributed by atoms with van der Waals surface area (Å²) in [6.07, 6.45) is 2.76. The zero-order valence-electron chi connectivity index (χ0n) is 10.1. The van der Waals surface area contributed by atoms with Crippen LogP contribution < -0.4 is 38.0 Å². The molecule has 0 heterocycles. The van der Waals surface area contributed by atoms with E-state index >= 15 is 0 Å². The number of rotatable bonds is 10. The van der Waals surface area contributed by atoms with Crippen molar-refractivity contribution in [1.29, 1.82) is 0 Å². The Labute approximate surface area is 127 Å². The second kappa shape index (κ2) is 11.5. The molecule has 0 aliphatic carbocycles. The molecule has 5 nitrogen and oxygen atoms in total. The van der Waals surface area contributed by atoms with Crippen LogP contribution in [0.1, 0.15) is 26.2 Å². The minimum atomic E-state index is -0.316. The zero-order chi connectivity index (χ0) is 13.1. The summed E-state index contributed by atoms with van der Waals surface area (Å²) in [5.41, 5.74) is 10.5. The van der Waals surface area contributed by atoms with Gasteiger partial charge in [0.05, 0.1) is 0 Å². The molecule has 0 aliphatic heterocycles. The van der Waals surface area contributed by atoms with Gasteiger partial charge < -0.3 is 0 Å². The molecule has 0 unspecified atom stereocenters. The van der Waals surface area contributed by atoms with Crippen molar-refractivity contribution in [3.63, 3.8) is 0 Å². The standard InChI is InChI=1S/C10H21I2N4O/c1-2-5-12-9(17)8(16-7-11)4-3-6-15-10(13)14/h8,16H,2-7H2,1H3,(H4,13,14,15)/q-1/t8-/m1/s1. The Morgan fingerprint density at radius 3 is 2.76 bits per heavy atom. The predicted octanol–water partition coefficient (Wildman–Crippen LogP) is -2.58. The molecule has 102 valence electrons. The first-order chi connectivity index (χ1) is 8.11. The number of hydrogen-bond donors (Lipinski definition) is 3. The molecule has 0 aromatic carbocycles. The normalized spacial score (nSPS) is 12.4. The Kier molecular flexibility index (Phi) is 11.7. The summed E-state index contributed by atoms with van der Waals surface area (Å²) in [6.45, 7) is 2.72. The molecule has 17 heavy (non-hydrogen) atoms. The molecule has 0 saturated heterocycles. The van der Waals surface area contributed by atoms with E-state index in [1.807, 2.05) is 0 Å². The van der Waals surface area contributed by atoms with Gasteiger partial charge in [-0.05, 0) is 0 Å². The Bertz CT molecular complexity index is 244. The Hall–Kier alpha value is 0.360. The van der Waals surface area contributed by atoms with Crippen molar-refractivity contribution in [2.45, 2.75) is 32.2 Å². The number of nitrogens with zero attached hydrogens (tertiary/aromatic N) is 1. The topological polar surface area (TPSA) is 93.5 Å². The van der Waals surface area contributed by atoms with Crippen LogP contribution in [0.2, 0.25) is 0 Å². The van der Waals surface area contributed by atoms with Gasteiger partial charge in [0.15, 0.2) is 0 Å². The number of carbonyl (C=O) groups excluding carboxylic acids is 1. The maximum atomic E-state index is 11.9. The van der Waals surface area contributed by atoms with Gasteiger partial charge in [0, 0.05) is 0 Å². The quantitative estimate of drug-likeness (QED) is 0.0626. The Morgan fingerprint density at radius 2 is 2.24 bits per heavy atom. The van der Waals surface area contributed by atoms with Crippen LogP contribution in [0.25, 0.3) is 0 Å². The van der Waals surface area contributed by atoms with Gasteiger partial charge in [-0.1, -0.05) is 0 Å². The summed E-state index contributed by atoms with van der Waals surface area (Å²) in [6, 6.07) is 0.000416. The molecule has 0 spiro atoms. The van der Waals surface area contributed by atoms with E-state index in [2.05, 4.69) is 39.8 Å². The molecular formula is C10H21I2N4O-.